The molecule has 0 aromatic carbocycles. The highest BCUT2D eigenvalue weighted by Gasteiger charge is 2.30. The van der Waals surface area contributed by atoms with E-state index in [1.165, 1.54) is 0 Å². The zero-order chi connectivity index (χ0) is 16.5. The molecule has 1 amide bonds. The molecule has 1 fully saturated rings. The average Bonchev–Trinajstić information content (AvgIpc) is 3.23. The number of likely N-dealkylation sites (tertiary alicyclic amines) is 1. The third-order valence-corrected chi connectivity index (χ3v) is 4.95. The highest BCUT2D eigenvalue weighted by Crippen LogP contribution is 2.32. The summed E-state index contributed by atoms with van der Waals surface area (Å²) in [6, 6.07) is 7.76. The van der Waals surface area contributed by atoms with Crippen molar-refractivity contribution < 1.29 is 9.21 Å². The van der Waals surface area contributed by atoms with Gasteiger partial charge in [-0.2, -0.15) is 0 Å². The van der Waals surface area contributed by atoms with Gasteiger partial charge in [-0.1, -0.05) is 12.8 Å². The van der Waals surface area contributed by atoms with Gasteiger partial charge in [0.2, 0.25) is 0 Å². The van der Waals surface area contributed by atoms with Crippen molar-refractivity contribution in [3.8, 4) is 0 Å². The van der Waals surface area contributed by atoms with Crippen LogP contribution in [0.5, 0.6) is 0 Å². The summed E-state index contributed by atoms with van der Waals surface area (Å²) in [6.45, 7) is 2.74. The SMILES string of the molecule is Cc1c(C(=O)N2CCCCCC2c2ccco2)ccc2cncn12. The Kier molecular flexibility index (Phi) is 3.84. The number of aromatic nitrogens is 2. The second kappa shape index (κ2) is 6.15. The van der Waals surface area contributed by atoms with Crippen LogP contribution in [0, 0.1) is 6.92 Å². The summed E-state index contributed by atoms with van der Waals surface area (Å²) >= 11 is 0. The van der Waals surface area contributed by atoms with E-state index in [4.69, 9.17) is 4.42 Å². The molecule has 0 bridgehead atoms. The molecule has 0 spiro atoms. The van der Waals surface area contributed by atoms with E-state index in [-0.39, 0.29) is 11.9 Å². The Morgan fingerprint density at radius 3 is 3.00 bits per heavy atom. The summed E-state index contributed by atoms with van der Waals surface area (Å²) in [7, 11) is 0. The van der Waals surface area contributed by atoms with Gasteiger partial charge < -0.3 is 13.7 Å². The second-order valence-electron chi connectivity index (χ2n) is 6.40. The van der Waals surface area contributed by atoms with Crippen LogP contribution < -0.4 is 0 Å². The van der Waals surface area contributed by atoms with E-state index in [9.17, 15) is 4.79 Å². The molecule has 4 rings (SSSR count). The van der Waals surface area contributed by atoms with Crippen molar-refractivity contribution in [3.05, 3.63) is 60.1 Å². The van der Waals surface area contributed by atoms with Gasteiger partial charge in [-0.3, -0.25) is 4.79 Å². The van der Waals surface area contributed by atoms with E-state index >= 15 is 0 Å². The van der Waals surface area contributed by atoms with Gasteiger partial charge in [-0.25, -0.2) is 4.98 Å². The predicted octanol–water partition coefficient (Wildman–Crippen LogP) is 3.99. The molecule has 0 aliphatic carbocycles. The maximum Gasteiger partial charge on any atom is 0.256 e. The van der Waals surface area contributed by atoms with E-state index in [2.05, 4.69) is 4.98 Å². The molecule has 24 heavy (non-hydrogen) atoms. The average molecular weight is 323 g/mol. The van der Waals surface area contributed by atoms with Crippen molar-refractivity contribution in [2.75, 3.05) is 6.54 Å². The minimum Gasteiger partial charge on any atom is -0.467 e. The molecule has 1 saturated heterocycles. The first-order chi connectivity index (χ1) is 11.8. The number of amides is 1. The number of aryl methyl sites for hydroxylation is 1. The first-order valence-corrected chi connectivity index (χ1v) is 8.52. The zero-order valence-corrected chi connectivity index (χ0v) is 13.8. The molecule has 1 aliphatic rings. The molecular weight excluding hydrogens is 302 g/mol. The Balaban J connectivity index is 1.73. The van der Waals surface area contributed by atoms with Gasteiger partial charge in [0.05, 0.1) is 35.9 Å². The number of hydrogen-bond donors (Lipinski definition) is 0. The van der Waals surface area contributed by atoms with Crippen molar-refractivity contribution in [2.24, 2.45) is 0 Å². The molecule has 1 aliphatic heterocycles. The molecule has 3 aromatic rings. The molecule has 3 aromatic heterocycles. The topological polar surface area (TPSA) is 50.8 Å². The predicted molar refractivity (Wildman–Crippen MR) is 90.9 cm³/mol. The van der Waals surface area contributed by atoms with Gasteiger partial charge in [0.1, 0.15) is 5.76 Å². The molecule has 124 valence electrons. The standard InChI is InChI=1S/C19H21N3O2/c1-14-16(9-8-15-12-20-13-22(14)15)19(23)21-10-4-2-3-6-17(21)18-7-5-11-24-18/h5,7-9,11-13,17H,2-4,6,10H2,1H3. The largest absolute Gasteiger partial charge is 0.467 e. The molecule has 0 radical (unpaired) electrons. The van der Waals surface area contributed by atoms with Crippen molar-refractivity contribution in [1.82, 2.24) is 14.3 Å². The summed E-state index contributed by atoms with van der Waals surface area (Å²) in [4.78, 5) is 19.4. The van der Waals surface area contributed by atoms with Crippen LogP contribution in [0.1, 0.15) is 53.5 Å². The van der Waals surface area contributed by atoms with E-state index < -0.39 is 0 Å². The van der Waals surface area contributed by atoms with Gasteiger partial charge in [-0.15, -0.1) is 0 Å². The minimum absolute atomic E-state index is 0.0212. The zero-order valence-electron chi connectivity index (χ0n) is 13.8. The van der Waals surface area contributed by atoms with Crippen molar-refractivity contribution in [1.29, 1.82) is 0 Å². The number of carbonyl (C=O) groups excluding carboxylic acids is 1. The Morgan fingerprint density at radius 1 is 1.25 bits per heavy atom. The maximum atomic E-state index is 13.3. The lowest BCUT2D eigenvalue weighted by Crippen LogP contribution is -2.35. The number of imidazole rings is 1. The van der Waals surface area contributed by atoms with Gasteiger partial charge in [-0.05, 0) is 44.0 Å². The first-order valence-electron chi connectivity index (χ1n) is 8.52. The summed E-state index contributed by atoms with van der Waals surface area (Å²) in [5, 5.41) is 0. The molecular formula is C19H21N3O2. The molecule has 0 saturated carbocycles. The Labute approximate surface area is 140 Å². The molecule has 0 N–H and O–H groups in total. The number of carbonyl (C=O) groups is 1. The number of hydrogen-bond acceptors (Lipinski definition) is 3. The summed E-state index contributed by atoms with van der Waals surface area (Å²) in [5.41, 5.74) is 2.67. The van der Waals surface area contributed by atoms with Crippen LogP contribution in [0.2, 0.25) is 0 Å². The summed E-state index contributed by atoms with van der Waals surface area (Å²) in [5.74, 6) is 0.956. The van der Waals surface area contributed by atoms with Crippen molar-refractivity contribution >= 4 is 11.4 Å². The van der Waals surface area contributed by atoms with E-state index in [0.29, 0.717) is 0 Å². The van der Waals surface area contributed by atoms with Crippen LogP contribution >= 0.6 is 0 Å². The molecule has 1 atom stereocenters. The molecule has 1 unspecified atom stereocenters. The van der Waals surface area contributed by atoms with Gasteiger partial charge in [0.15, 0.2) is 0 Å². The number of rotatable bonds is 2. The van der Waals surface area contributed by atoms with Crippen LogP contribution in [-0.4, -0.2) is 26.7 Å². The highest BCUT2D eigenvalue weighted by atomic mass is 16.3. The van der Waals surface area contributed by atoms with Crippen LogP contribution in [-0.2, 0) is 0 Å². The van der Waals surface area contributed by atoms with Gasteiger partial charge in [0, 0.05) is 12.2 Å². The normalized spacial score (nSPS) is 18.7. The monoisotopic (exact) mass is 323 g/mol. The van der Waals surface area contributed by atoms with Crippen LogP contribution in [0.25, 0.3) is 5.52 Å². The smallest absolute Gasteiger partial charge is 0.256 e. The lowest BCUT2D eigenvalue weighted by molar-refractivity contribution is 0.0657. The van der Waals surface area contributed by atoms with Gasteiger partial charge >= 0.3 is 0 Å². The Morgan fingerprint density at radius 2 is 2.17 bits per heavy atom. The number of pyridine rings is 1. The Hall–Kier alpha value is -2.56. The minimum atomic E-state index is 0.0212. The summed E-state index contributed by atoms with van der Waals surface area (Å²) in [6.07, 6.45) is 9.51. The number of furan rings is 1. The fourth-order valence-corrected chi connectivity index (χ4v) is 3.64. The van der Waals surface area contributed by atoms with E-state index in [0.717, 1.165) is 54.8 Å². The number of nitrogens with zero attached hydrogens (tertiary/aromatic N) is 3. The van der Waals surface area contributed by atoms with Crippen molar-refractivity contribution in [3.63, 3.8) is 0 Å². The van der Waals surface area contributed by atoms with E-state index in [1.54, 1.807) is 18.8 Å². The summed E-state index contributed by atoms with van der Waals surface area (Å²) < 4.78 is 7.59. The Bertz CT molecular complexity index is 851. The van der Waals surface area contributed by atoms with Gasteiger partial charge in [0.25, 0.3) is 5.91 Å². The fraction of sp³-hybridized carbons (Fsp3) is 0.368. The number of fused-ring (bicyclic) bond motifs is 1. The van der Waals surface area contributed by atoms with Crippen LogP contribution in [0.4, 0.5) is 0 Å². The van der Waals surface area contributed by atoms with Crippen LogP contribution in [0.15, 0.2) is 47.5 Å². The molecule has 5 heteroatoms. The first kappa shape index (κ1) is 15.0. The van der Waals surface area contributed by atoms with Crippen molar-refractivity contribution in [2.45, 2.75) is 38.6 Å². The highest BCUT2D eigenvalue weighted by molar-refractivity contribution is 5.96. The third kappa shape index (κ3) is 2.50. The molecule has 4 heterocycles. The van der Waals surface area contributed by atoms with E-state index in [1.807, 2.05) is 40.5 Å². The quantitative estimate of drug-likeness (QED) is 0.716. The molecule has 5 nitrogen and oxygen atoms in total. The fourth-order valence-electron chi connectivity index (χ4n) is 3.64. The van der Waals surface area contributed by atoms with Crippen LogP contribution in [0.3, 0.4) is 0 Å². The second-order valence-corrected chi connectivity index (χ2v) is 6.40. The maximum absolute atomic E-state index is 13.3. The lowest BCUT2D eigenvalue weighted by Gasteiger charge is -2.29. The third-order valence-electron chi connectivity index (χ3n) is 4.95. The lowest BCUT2D eigenvalue weighted by atomic mass is 10.1.